The molecule has 0 aliphatic rings. The Balaban J connectivity index is 2.11. The van der Waals surface area contributed by atoms with Crippen LogP contribution in [-0.4, -0.2) is 36.2 Å². The highest BCUT2D eigenvalue weighted by Gasteiger charge is 2.20. The van der Waals surface area contributed by atoms with Crippen molar-refractivity contribution in [3.05, 3.63) is 54.4 Å². The lowest BCUT2D eigenvalue weighted by molar-refractivity contribution is 0.107. The second kappa shape index (κ2) is 6.75. The van der Waals surface area contributed by atoms with Gasteiger partial charge in [0.1, 0.15) is 0 Å². The van der Waals surface area contributed by atoms with E-state index < -0.39 is 5.60 Å². The first-order valence-corrected chi connectivity index (χ1v) is 8.71. The van der Waals surface area contributed by atoms with Crippen LogP contribution in [0.25, 0.3) is 17.1 Å². The number of para-hydroxylation sites is 1. The Bertz CT molecular complexity index is 825. The Morgan fingerprint density at radius 1 is 1.12 bits per heavy atom. The van der Waals surface area contributed by atoms with Crippen molar-refractivity contribution in [1.82, 2.24) is 19.7 Å². The van der Waals surface area contributed by atoms with Crippen LogP contribution in [0.15, 0.2) is 53.9 Å². The van der Waals surface area contributed by atoms with Gasteiger partial charge in [-0.15, -0.1) is 10.2 Å². The van der Waals surface area contributed by atoms with Gasteiger partial charge >= 0.3 is 0 Å². The molecular formula is C18H20N4OS. The van der Waals surface area contributed by atoms with Crippen molar-refractivity contribution in [3.8, 4) is 17.1 Å². The summed E-state index contributed by atoms with van der Waals surface area (Å²) in [5.74, 6) is 1.28. The highest BCUT2D eigenvalue weighted by atomic mass is 32.2. The number of aromatic nitrogens is 4. The highest BCUT2D eigenvalue weighted by Crippen LogP contribution is 2.30. The van der Waals surface area contributed by atoms with Gasteiger partial charge in [-0.25, -0.2) is 0 Å². The van der Waals surface area contributed by atoms with E-state index in [0.29, 0.717) is 5.75 Å². The summed E-state index contributed by atoms with van der Waals surface area (Å²) >= 11 is 1.49. The molecule has 124 valence electrons. The van der Waals surface area contributed by atoms with Gasteiger partial charge in [-0.05, 0) is 44.5 Å². The molecule has 0 amide bonds. The first-order valence-electron chi connectivity index (χ1n) is 7.73. The zero-order chi connectivity index (χ0) is 17.2. The summed E-state index contributed by atoms with van der Waals surface area (Å²) in [7, 11) is 0. The molecule has 2 heterocycles. The third-order valence-electron chi connectivity index (χ3n) is 3.46. The van der Waals surface area contributed by atoms with Crippen LogP contribution in [0.3, 0.4) is 0 Å². The summed E-state index contributed by atoms with van der Waals surface area (Å²) in [6.45, 7) is 5.64. The van der Waals surface area contributed by atoms with Gasteiger partial charge in [-0.2, -0.15) is 0 Å². The lowest BCUT2D eigenvalue weighted by Crippen LogP contribution is -2.22. The van der Waals surface area contributed by atoms with Crippen molar-refractivity contribution in [1.29, 1.82) is 0 Å². The Morgan fingerprint density at radius 3 is 2.58 bits per heavy atom. The van der Waals surface area contributed by atoms with E-state index in [2.05, 4.69) is 28.2 Å². The molecule has 0 saturated carbocycles. The number of rotatable bonds is 5. The van der Waals surface area contributed by atoms with Crippen LogP contribution in [0.5, 0.6) is 0 Å². The molecule has 0 radical (unpaired) electrons. The van der Waals surface area contributed by atoms with Crippen molar-refractivity contribution < 1.29 is 5.11 Å². The van der Waals surface area contributed by atoms with Gasteiger partial charge in [0.05, 0.1) is 11.3 Å². The fraction of sp³-hybridized carbons (Fsp3) is 0.278. The smallest absolute Gasteiger partial charge is 0.196 e. The summed E-state index contributed by atoms with van der Waals surface area (Å²) in [5, 5.41) is 19.5. The standard InChI is InChI=1S/C18H20N4OS/c1-13-7-4-5-9-15(13)22-16(14-8-6-10-19-11-14)20-21-17(22)24-12-18(2,3)23/h4-11,23H,12H2,1-3H3. The molecule has 24 heavy (non-hydrogen) atoms. The molecule has 6 heteroatoms. The average molecular weight is 340 g/mol. The minimum atomic E-state index is -0.776. The lowest BCUT2D eigenvalue weighted by atomic mass is 10.2. The summed E-state index contributed by atoms with van der Waals surface area (Å²) in [6, 6.07) is 12.0. The maximum absolute atomic E-state index is 10.0. The monoisotopic (exact) mass is 340 g/mol. The first kappa shape index (κ1) is 16.7. The molecule has 3 aromatic rings. The van der Waals surface area contributed by atoms with E-state index >= 15 is 0 Å². The lowest BCUT2D eigenvalue weighted by Gasteiger charge is -2.17. The number of pyridine rings is 1. The van der Waals surface area contributed by atoms with Crippen molar-refractivity contribution >= 4 is 11.8 Å². The first-order chi connectivity index (χ1) is 11.5. The minimum Gasteiger partial charge on any atom is -0.390 e. The van der Waals surface area contributed by atoms with Crippen LogP contribution in [0.4, 0.5) is 0 Å². The van der Waals surface area contributed by atoms with Gasteiger partial charge in [0.25, 0.3) is 0 Å². The summed E-state index contributed by atoms with van der Waals surface area (Å²) in [4.78, 5) is 4.18. The molecule has 0 unspecified atom stereocenters. The van der Waals surface area contributed by atoms with Gasteiger partial charge in [0.15, 0.2) is 11.0 Å². The second-order valence-corrected chi connectivity index (χ2v) is 7.21. The molecular weight excluding hydrogens is 320 g/mol. The fourth-order valence-electron chi connectivity index (χ4n) is 2.32. The zero-order valence-corrected chi connectivity index (χ0v) is 14.8. The predicted octanol–water partition coefficient (Wildman–Crippen LogP) is 3.50. The summed E-state index contributed by atoms with van der Waals surface area (Å²) in [6.07, 6.45) is 3.52. The zero-order valence-electron chi connectivity index (χ0n) is 14.0. The van der Waals surface area contributed by atoms with E-state index in [4.69, 9.17) is 0 Å². The molecule has 0 bridgehead atoms. The quantitative estimate of drug-likeness (QED) is 0.720. The number of aliphatic hydroxyl groups is 1. The molecule has 0 saturated heterocycles. The van der Waals surface area contributed by atoms with E-state index in [0.717, 1.165) is 27.8 Å². The average Bonchev–Trinajstić information content (AvgIpc) is 2.97. The molecule has 1 N–H and O–H groups in total. The topological polar surface area (TPSA) is 63.8 Å². The molecule has 0 fully saturated rings. The van der Waals surface area contributed by atoms with Crippen LogP contribution in [0.1, 0.15) is 19.4 Å². The van der Waals surface area contributed by atoms with E-state index in [1.165, 1.54) is 11.8 Å². The van der Waals surface area contributed by atoms with Crippen LogP contribution in [0.2, 0.25) is 0 Å². The Morgan fingerprint density at radius 2 is 1.92 bits per heavy atom. The molecule has 3 rings (SSSR count). The van der Waals surface area contributed by atoms with Crippen molar-refractivity contribution in [2.45, 2.75) is 31.5 Å². The number of benzene rings is 1. The number of hydrogen-bond acceptors (Lipinski definition) is 5. The molecule has 0 spiro atoms. The van der Waals surface area contributed by atoms with Gasteiger partial charge in [-0.3, -0.25) is 9.55 Å². The maximum atomic E-state index is 10.0. The molecule has 0 atom stereocenters. The fourth-order valence-corrected chi connectivity index (χ4v) is 3.21. The van der Waals surface area contributed by atoms with Gasteiger partial charge < -0.3 is 5.11 Å². The molecule has 5 nitrogen and oxygen atoms in total. The van der Waals surface area contributed by atoms with Crippen LogP contribution >= 0.6 is 11.8 Å². The van der Waals surface area contributed by atoms with Crippen molar-refractivity contribution in [3.63, 3.8) is 0 Å². The highest BCUT2D eigenvalue weighted by molar-refractivity contribution is 7.99. The summed E-state index contributed by atoms with van der Waals surface area (Å²) < 4.78 is 2.03. The number of hydrogen-bond donors (Lipinski definition) is 1. The summed E-state index contributed by atoms with van der Waals surface area (Å²) in [5.41, 5.74) is 2.29. The molecule has 0 aliphatic carbocycles. The normalized spacial score (nSPS) is 11.7. The van der Waals surface area contributed by atoms with E-state index in [1.807, 2.05) is 34.9 Å². The van der Waals surface area contributed by atoms with E-state index in [9.17, 15) is 5.11 Å². The SMILES string of the molecule is Cc1ccccc1-n1c(SCC(C)(C)O)nnc1-c1cccnc1. The number of nitrogens with zero attached hydrogens (tertiary/aromatic N) is 4. The van der Waals surface area contributed by atoms with Crippen molar-refractivity contribution in [2.75, 3.05) is 5.75 Å². The predicted molar refractivity (Wildman–Crippen MR) is 96.3 cm³/mol. The van der Waals surface area contributed by atoms with E-state index in [-0.39, 0.29) is 0 Å². The largest absolute Gasteiger partial charge is 0.390 e. The molecule has 1 aromatic carbocycles. The Hall–Kier alpha value is -2.18. The van der Waals surface area contributed by atoms with Gasteiger partial charge in [-0.1, -0.05) is 30.0 Å². The van der Waals surface area contributed by atoms with Gasteiger partial charge in [0.2, 0.25) is 0 Å². The molecule has 0 aliphatic heterocycles. The third kappa shape index (κ3) is 3.66. The molecule has 2 aromatic heterocycles. The van der Waals surface area contributed by atoms with Crippen LogP contribution in [0, 0.1) is 6.92 Å². The van der Waals surface area contributed by atoms with Crippen LogP contribution in [-0.2, 0) is 0 Å². The second-order valence-electron chi connectivity index (χ2n) is 6.27. The minimum absolute atomic E-state index is 0.532. The Kier molecular flexibility index (Phi) is 4.69. The van der Waals surface area contributed by atoms with Crippen molar-refractivity contribution in [2.24, 2.45) is 0 Å². The maximum Gasteiger partial charge on any atom is 0.196 e. The number of aryl methyl sites for hydroxylation is 1. The van der Waals surface area contributed by atoms with Gasteiger partial charge in [0, 0.05) is 23.7 Å². The van der Waals surface area contributed by atoms with E-state index in [1.54, 1.807) is 26.2 Å². The third-order valence-corrected chi connectivity index (χ3v) is 4.84. The van der Waals surface area contributed by atoms with Crippen LogP contribution < -0.4 is 0 Å². The number of thioether (sulfide) groups is 1. The Labute approximate surface area is 145 Å².